The molecule has 0 N–H and O–H groups in total. The zero-order valence-corrected chi connectivity index (χ0v) is 37.8. The smallest absolute Gasteiger partial charge is 0.0726 e. The van der Waals surface area contributed by atoms with E-state index in [4.69, 9.17) is 0 Å². The Labute approximate surface area is 403 Å². The molecule has 0 unspecified atom stereocenters. The molecule has 1 aliphatic heterocycles. The van der Waals surface area contributed by atoms with Crippen LogP contribution in [0.4, 0.5) is 34.1 Å². The molecule has 0 saturated carbocycles. The molecule has 2 nitrogen and oxygen atoms in total. The van der Waals surface area contributed by atoms with E-state index in [1.165, 1.54) is 89.0 Å². The lowest BCUT2D eigenvalue weighted by atomic mass is 9.66. The zero-order chi connectivity index (χ0) is 45.5. The first-order valence-corrected chi connectivity index (χ1v) is 23.9. The van der Waals surface area contributed by atoms with Gasteiger partial charge in [-0.1, -0.05) is 212 Å². The van der Waals surface area contributed by atoms with E-state index in [1.807, 2.05) is 0 Å². The predicted molar refractivity (Wildman–Crippen MR) is 287 cm³/mol. The van der Waals surface area contributed by atoms with Gasteiger partial charge in [0.15, 0.2) is 0 Å². The number of fused-ring (bicyclic) bond motifs is 17. The van der Waals surface area contributed by atoms with Crippen molar-refractivity contribution in [1.82, 2.24) is 0 Å². The minimum atomic E-state index is -0.603. The van der Waals surface area contributed by atoms with E-state index in [1.54, 1.807) is 0 Å². The Hall–Kier alpha value is -8.98. The quantitative estimate of drug-likeness (QED) is 0.170. The third kappa shape index (κ3) is 5.79. The molecule has 11 aromatic rings. The van der Waals surface area contributed by atoms with E-state index in [2.05, 4.69) is 277 Å². The van der Waals surface area contributed by atoms with Gasteiger partial charge in [0.25, 0.3) is 0 Å². The van der Waals surface area contributed by atoms with Crippen LogP contribution in [0.2, 0.25) is 0 Å². The van der Waals surface area contributed by atoms with E-state index < -0.39 is 5.41 Å². The molecule has 1 spiro atoms. The van der Waals surface area contributed by atoms with Crippen LogP contribution < -0.4 is 9.80 Å². The molecule has 14 rings (SSSR count). The SMILES string of the molecule is c1ccc(-c2ccc(N(c3ccc4c(c3)-c3ccccc3N(c3ccccc3)c3ccccc3-4)c3cccc4c3-c3ccccc3C43c4ccccc4-c4ccccc4-c4ccccc43)cc2)cc1. The molecule has 11 aromatic carbocycles. The Bertz CT molecular complexity index is 3730. The number of rotatable bonds is 5. The molecule has 0 radical (unpaired) electrons. The summed E-state index contributed by atoms with van der Waals surface area (Å²) in [4.78, 5) is 4.94. The summed E-state index contributed by atoms with van der Waals surface area (Å²) in [6.07, 6.45) is 0. The maximum Gasteiger partial charge on any atom is 0.0726 e. The van der Waals surface area contributed by atoms with Crippen molar-refractivity contribution in [1.29, 1.82) is 0 Å². The standard InChI is InChI=1S/C67H44N2/c1-3-20-45(21-4-1)46-38-40-48(41-39-46)68(49-42-43-52-55-28-12-17-35-63(55)69(47-22-5-2-6-23-47)64-36-18-13-29-56(64)58(52)44-49)65-37-19-34-62-66(65)57-30-11-16-33-61(57)67(62)59-31-14-9-26-53(59)50-24-7-8-25-51(50)54-27-10-15-32-60(54)67/h1-44H. The molecule has 1 heterocycles. The highest BCUT2D eigenvalue weighted by atomic mass is 15.2. The maximum atomic E-state index is 2.52. The third-order valence-electron chi connectivity index (χ3n) is 14.8. The van der Waals surface area contributed by atoms with Gasteiger partial charge in [0.05, 0.1) is 22.5 Å². The first-order valence-electron chi connectivity index (χ1n) is 23.9. The summed E-state index contributed by atoms with van der Waals surface area (Å²) < 4.78 is 0. The van der Waals surface area contributed by atoms with Crippen molar-refractivity contribution >= 4 is 34.1 Å². The molecule has 3 aliphatic rings. The van der Waals surface area contributed by atoms with E-state index >= 15 is 0 Å². The lowest BCUT2D eigenvalue weighted by Crippen LogP contribution is -2.29. The Morgan fingerprint density at radius 3 is 1.33 bits per heavy atom. The minimum Gasteiger partial charge on any atom is -0.310 e. The average Bonchev–Trinajstić information content (AvgIpc) is 3.60. The summed E-state index contributed by atoms with van der Waals surface area (Å²) >= 11 is 0. The van der Waals surface area contributed by atoms with Gasteiger partial charge in [0, 0.05) is 33.8 Å². The second-order valence-electron chi connectivity index (χ2n) is 18.3. The van der Waals surface area contributed by atoms with Gasteiger partial charge >= 0.3 is 0 Å². The van der Waals surface area contributed by atoms with Crippen LogP contribution in [0.15, 0.2) is 267 Å². The summed E-state index contributed by atoms with van der Waals surface area (Å²) in [6, 6.07) is 99.0. The van der Waals surface area contributed by atoms with Crippen LogP contribution in [-0.2, 0) is 5.41 Å². The highest BCUT2D eigenvalue weighted by Crippen LogP contribution is 2.64. The average molecular weight is 877 g/mol. The molecule has 2 heteroatoms. The van der Waals surface area contributed by atoms with E-state index in [0.29, 0.717) is 0 Å². The largest absolute Gasteiger partial charge is 0.310 e. The van der Waals surface area contributed by atoms with Crippen LogP contribution in [0.5, 0.6) is 0 Å². The first kappa shape index (κ1) is 39.2. The Morgan fingerprint density at radius 2 is 0.710 bits per heavy atom. The van der Waals surface area contributed by atoms with E-state index in [9.17, 15) is 0 Å². The fourth-order valence-corrected chi connectivity index (χ4v) is 12.0. The number of nitrogens with zero attached hydrogens (tertiary/aromatic N) is 2. The van der Waals surface area contributed by atoms with Crippen molar-refractivity contribution < 1.29 is 0 Å². The summed E-state index contributed by atoms with van der Waals surface area (Å²) in [7, 11) is 0. The molecule has 0 aromatic heterocycles. The predicted octanol–water partition coefficient (Wildman–Crippen LogP) is 18.0. The zero-order valence-electron chi connectivity index (χ0n) is 37.8. The number of para-hydroxylation sites is 3. The summed E-state index contributed by atoms with van der Waals surface area (Å²) in [5.74, 6) is 0. The number of hydrogen-bond acceptors (Lipinski definition) is 2. The summed E-state index contributed by atoms with van der Waals surface area (Å²) in [5.41, 5.74) is 26.0. The van der Waals surface area contributed by atoms with Gasteiger partial charge < -0.3 is 9.80 Å². The second-order valence-corrected chi connectivity index (χ2v) is 18.3. The molecular weight excluding hydrogens is 833 g/mol. The number of anilines is 6. The fourth-order valence-electron chi connectivity index (χ4n) is 12.0. The van der Waals surface area contributed by atoms with Crippen LogP contribution >= 0.6 is 0 Å². The van der Waals surface area contributed by atoms with Gasteiger partial charge in [-0.25, -0.2) is 0 Å². The highest BCUT2D eigenvalue weighted by molar-refractivity contribution is 6.05. The van der Waals surface area contributed by atoms with Gasteiger partial charge in [-0.2, -0.15) is 0 Å². The minimum absolute atomic E-state index is 0.603. The molecular formula is C67H44N2. The summed E-state index contributed by atoms with van der Waals surface area (Å²) in [6.45, 7) is 0. The highest BCUT2D eigenvalue weighted by Gasteiger charge is 2.50. The van der Waals surface area contributed by atoms with Crippen LogP contribution in [-0.4, -0.2) is 0 Å². The van der Waals surface area contributed by atoms with Crippen molar-refractivity contribution in [2.24, 2.45) is 0 Å². The molecule has 322 valence electrons. The Kier molecular flexibility index (Phi) is 8.84. The van der Waals surface area contributed by atoms with Crippen LogP contribution in [0.25, 0.3) is 66.8 Å². The van der Waals surface area contributed by atoms with Crippen LogP contribution in [0, 0.1) is 0 Å². The first-order chi connectivity index (χ1) is 34.3. The molecule has 0 bridgehead atoms. The molecule has 0 atom stereocenters. The van der Waals surface area contributed by atoms with Crippen molar-refractivity contribution in [2.75, 3.05) is 9.80 Å². The topological polar surface area (TPSA) is 6.48 Å². The van der Waals surface area contributed by atoms with Crippen LogP contribution in [0.3, 0.4) is 0 Å². The molecule has 0 fully saturated rings. The molecule has 2 aliphatic carbocycles. The van der Waals surface area contributed by atoms with Gasteiger partial charge in [-0.3, -0.25) is 0 Å². The van der Waals surface area contributed by atoms with Gasteiger partial charge in [0.2, 0.25) is 0 Å². The van der Waals surface area contributed by atoms with Crippen molar-refractivity contribution in [3.63, 3.8) is 0 Å². The van der Waals surface area contributed by atoms with Crippen LogP contribution in [0.1, 0.15) is 22.3 Å². The van der Waals surface area contributed by atoms with Gasteiger partial charge in [-0.05, 0) is 127 Å². The normalized spacial score (nSPS) is 13.0. The van der Waals surface area contributed by atoms with E-state index in [-0.39, 0.29) is 0 Å². The van der Waals surface area contributed by atoms with Gasteiger partial charge in [0.1, 0.15) is 0 Å². The molecule has 0 saturated heterocycles. The monoisotopic (exact) mass is 876 g/mol. The Balaban J connectivity index is 1.05. The third-order valence-corrected chi connectivity index (χ3v) is 14.8. The Morgan fingerprint density at radius 1 is 0.275 bits per heavy atom. The lowest BCUT2D eigenvalue weighted by molar-refractivity contribution is 0.775. The number of hydrogen-bond donors (Lipinski definition) is 0. The van der Waals surface area contributed by atoms with E-state index in [0.717, 1.165) is 34.1 Å². The summed E-state index contributed by atoms with van der Waals surface area (Å²) in [5, 5.41) is 0. The number of benzene rings is 11. The van der Waals surface area contributed by atoms with Crippen molar-refractivity contribution in [3.05, 3.63) is 289 Å². The molecule has 69 heavy (non-hydrogen) atoms. The van der Waals surface area contributed by atoms with Crippen molar-refractivity contribution in [3.8, 4) is 66.8 Å². The van der Waals surface area contributed by atoms with Gasteiger partial charge in [-0.15, -0.1) is 0 Å². The second kappa shape index (κ2) is 15.6. The maximum absolute atomic E-state index is 2.52. The van der Waals surface area contributed by atoms with Crippen molar-refractivity contribution in [2.45, 2.75) is 5.41 Å². The molecule has 0 amide bonds. The lowest BCUT2D eigenvalue weighted by Gasteiger charge is -2.35. The fraction of sp³-hybridized carbons (Fsp3) is 0.0149.